The lowest BCUT2D eigenvalue weighted by atomic mass is 9.83. The van der Waals surface area contributed by atoms with Crippen LogP contribution in [0.2, 0.25) is 0 Å². The zero-order chi connectivity index (χ0) is 26.5. The fourth-order valence-electron chi connectivity index (χ4n) is 6.60. The number of aromatic amines is 1. The molecule has 2 aromatic rings. The molecule has 2 heterocycles. The molecule has 3 aliphatic rings. The molecule has 2 amide bonds. The van der Waals surface area contributed by atoms with Gasteiger partial charge in [-0.3, -0.25) is 19.2 Å². The number of hydrogen-bond acceptors (Lipinski definition) is 6. The van der Waals surface area contributed by atoms with Crippen molar-refractivity contribution in [3.8, 4) is 5.75 Å². The highest BCUT2D eigenvalue weighted by molar-refractivity contribution is 6.02. The molecule has 5 rings (SSSR count). The van der Waals surface area contributed by atoms with E-state index < -0.39 is 30.4 Å². The van der Waals surface area contributed by atoms with Crippen molar-refractivity contribution in [3.05, 3.63) is 30.0 Å². The third kappa shape index (κ3) is 4.43. The molecule has 37 heavy (non-hydrogen) atoms. The van der Waals surface area contributed by atoms with Crippen molar-refractivity contribution in [1.29, 1.82) is 0 Å². The first-order valence-corrected chi connectivity index (χ1v) is 13.1. The van der Waals surface area contributed by atoms with Gasteiger partial charge in [0.15, 0.2) is 5.78 Å². The third-order valence-electron chi connectivity index (χ3n) is 8.87. The Bertz CT molecular complexity index is 1250. The lowest BCUT2D eigenvalue weighted by molar-refractivity contribution is -0.133. The molecule has 1 saturated heterocycles. The number of H-pyrrole nitrogens is 1. The molecular formula is C28H35N3O6. The lowest BCUT2D eigenvalue weighted by Crippen LogP contribution is -2.54. The highest BCUT2D eigenvalue weighted by Gasteiger charge is 2.69. The Hall–Kier alpha value is -3.20. The van der Waals surface area contributed by atoms with E-state index in [1.54, 1.807) is 18.1 Å². The first kappa shape index (κ1) is 25.4. The fourth-order valence-corrected chi connectivity index (χ4v) is 6.60. The molecule has 5 atom stereocenters. The molecule has 9 nitrogen and oxygen atoms in total. The van der Waals surface area contributed by atoms with Crippen molar-refractivity contribution in [2.45, 2.75) is 58.0 Å². The first-order valence-electron chi connectivity index (χ1n) is 13.1. The molecule has 2 saturated carbocycles. The second kappa shape index (κ2) is 9.59. The van der Waals surface area contributed by atoms with Gasteiger partial charge in [-0.2, -0.15) is 0 Å². The monoisotopic (exact) mass is 509 g/mol. The van der Waals surface area contributed by atoms with Crippen LogP contribution in [-0.4, -0.2) is 70.7 Å². The van der Waals surface area contributed by atoms with Crippen molar-refractivity contribution >= 4 is 34.3 Å². The summed E-state index contributed by atoms with van der Waals surface area (Å²) in [7, 11) is 1.57. The maximum Gasteiger partial charge on any atom is 0.271 e. The molecular weight excluding hydrogens is 474 g/mol. The number of carbonyl (C=O) groups excluding carboxylic acids is 4. The Morgan fingerprint density at radius 2 is 2.05 bits per heavy atom. The molecule has 1 aromatic carbocycles. The van der Waals surface area contributed by atoms with Crippen molar-refractivity contribution in [2.24, 2.45) is 23.2 Å². The van der Waals surface area contributed by atoms with Crippen LogP contribution in [0.5, 0.6) is 5.75 Å². The summed E-state index contributed by atoms with van der Waals surface area (Å²) in [5, 5.41) is 13.2. The third-order valence-corrected chi connectivity index (χ3v) is 8.87. The standard InChI is InChI=1S/C28H35N3O6/c1-28(2)17-13-31(27(36)20-12-16-18(29-20)8-6-10-23(16)37-3)25(24(17)28)26(35)30-19(22(34)14-32)11-15-7-4-5-9-21(15)33/h6,8,10,12,15,17,19,24-25,29,32H,4-5,7,9,11,13-14H2,1-3H3,(H,30,35)/t15-,17-,19-,24-,25-/m0/s1. The molecule has 3 N–H and O–H groups in total. The summed E-state index contributed by atoms with van der Waals surface area (Å²) < 4.78 is 5.42. The zero-order valence-electron chi connectivity index (χ0n) is 21.6. The lowest BCUT2D eigenvalue weighted by Gasteiger charge is -2.32. The number of ketones is 2. The first-order chi connectivity index (χ1) is 17.7. The maximum atomic E-state index is 13.7. The number of Topliss-reactive ketones (excluding diaryl/α,β-unsaturated/α-hetero) is 2. The number of hydrogen-bond donors (Lipinski definition) is 3. The molecule has 1 aliphatic heterocycles. The Labute approximate surface area is 215 Å². The van der Waals surface area contributed by atoms with Crippen molar-refractivity contribution in [3.63, 3.8) is 0 Å². The van der Waals surface area contributed by atoms with Gasteiger partial charge in [-0.1, -0.05) is 26.3 Å². The Morgan fingerprint density at radius 3 is 2.76 bits per heavy atom. The van der Waals surface area contributed by atoms with Crippen LogP contribution < -0.4 is 10.1 Å². The number of aliphatic hydroxyl groups is 1. The number of methoxy groups -OCH3 is 1. The second-order valence-electron chi connectivity index (χ2n) is 11.3. The van der Waals surface area contributed by atoms with Gasteiger partial charge in [0.25, 0.3) is 5.91 Å². The number of aromatic nitrogens is 1. The van der Waals surface area contributed by atoms with Gasteiger partial charge in [0.05, 0.1) is 13.2 Å². The number of amides is 2. The number of ether oxygens (including phenoxy) is 1. The minimum absolute atomic E-state index is 0.0310. The van der Waals surface area contributed by atoms with Crippen LogP contribution in [0.25, 0.3) is 10.9 Å². The Morgan fingerprint density at radius 1 is 1.27 bits per heavy atom. The number of aliphatic hydroxyl groups excluding tert-OH is 1. The smallest absolute Gasteiger partial charge is 0.271 e. The summed E-state index contributed by atoms with van der Waals surface area (Å²) in [6.07, 6.45) is 3.10. The van der Waals surface area contributed by atoms with Crippen LogP contribution in [0.15, 0.2) is 24.3 Å². The van der Waals surface area contributed by atoms with Crippen LogP contribution in [0.1, 0.15) is 56.4 Å². The minimum Gasteiger partial charge on any atom is -0.496 e. The van der Waals surface area contributed by atoms with Gasteiger partial charge in [-0.25, -0.2) is 0 Å². The Kier molecular flexibility index (Phi) is 6.60. The van der Waals surface area contributed by atoms with Crippen LogP contribution in [0.3, 0.4) is 0 Å². The molecule has 2 aliphatic carbocycles. The van der Waals surface area contributed by atoms with E-state index >= 15 is 0 Å². The fraction of sp³-hybridized carbons (Fsp3) is 0.571. The number of fused-ring (bicyclic) bond motifs is 2. The van der Waals surface area contributed by atoms with Gasteiger partial charge in [-0.15, -0.1) is 0 Å². The molecule has 1 aromatic heterocycles. The number of nitrogens with one attached hydrogen (secondary N) is 2. The molecule has 0 radical (unpaired) electrons. The predicted molar refractivity (Wildman–Crippen MR) is 136 cm³/mol. The molecule has 0 bridgehead atoms. The van der Waals surface area contributed by atoms with Crippen LogP contribution in [-0.2, 0) is 14.4 Å². The van der Waals surface area contributed by atoms with Gasteiger partial charge in [0.2, 0.25) is 5.91 Å². The predicted octanol–water partition coefficient (Wildman–Crippen LogP) is 2.47. The van der Waals surface area contributed by atoms with E-state index in [4.69, 9.17) is 4.74 Å². The van der Waals surface area contributed by atoms with E-state index in [-0.39, 0.29) is 41.3 Å². The van der Waals surface area contributed by atoms with Gasteiger partial charge >= 0.3 is 0 Å². The van der Waals surface area contributed by atoms with E-state index in [0.29, 0.717) is 30.8 Å². The van der Waals surface area contributed by atoms with Crippen molar-refractivity contribution < 1.29 is 29.0 Å². The molecule has 9 heteroatoms. The van der Waals surface area contributed by atoms with Gasteiger partial charge in [0.1, 0.15) is 29.9 Å². The van der Waals surface area contributed by atoms with Crippen LogP contribution >= 0.6 is 0 Å². The van der Waals surface area contributed by atoms with Crippen molar-refractivity contribution in [2.75, 3.05) is 20.3 Å². The van der Waals surface area contributed by atoms with Crippen LogP contribution in [0, 0.1) is 23.2 Å². The van der Waals surface area contributed by atoms with Gasteiger partial charge in [0, 0.05) is 29.8 Å². The summed E-state index contributed by atoms with van der Waals surface area (Å²) in [4.78, 5) is 57.1. The number of carbonyl (C=O) groups is 4. The quantitative estimate of drug-likeness (QED) is 0.502. The summed E-state index contributed by atoms with van der Waals surface area (Å²) >= 11 is 0. The van der Waals surface area contributed by atoms with E-state index in [1.807, 2.05) is 18.2 Å². The summed E-state index contributed by atoms with van der Waals surface area (Å²) in [5.74, 6) is -0.612. The number of nitrogens with zero attached hydrogens (tertiary/aromatic N) is 1. The minimum atomic E-state index is -0.959. The number of likely N-dealkylation sites (tertiary alicyclic amines) is 1. The normalized spacial score (nSPS) is 27.0. The molecule has 0 spiro atoms. The highest BCUT2D eigenvalue weighted by atomic mass is 16.5. The van der Waals surface area contributed by atoms with Crippen LogP contribution in [0.4, 0.5) is 0 Å². The Balaban J connectivity index is 1.39. The molecule has 198 valence electrons. The van der Waals surface area contributed by atoms with Crippen molar-refractivity contribution in [1.82, 2.24) is 15.2 Å². The summed E-state index contributed by atoms with van der Waals surface area (Å²) in [6.45, 7) is 3.92. The topological polar surface area (TPSA) is 129 Å². The van der Waals surface area contributed by atoms with E-state index in [9.17, 15) is 24.3 Å². The maximum absolute atomic E-state index is 13.7. The molecule has 0 unspecified atom stereocenters. The average Bonchev–Trinajstić information content (AvgIpc) is 3.27. The molecule has 3 fully saturated rings. The number of piperidine rings is 1. The zero-order valence-corrected chi connectivity index (χ0v) is 21.6. The van der Waals surface area contributed by atoms with Gasteiger partial charge < -0.3 is 25.0 Å². The largest absolute Gasteiger partial charge is 0.496 e. The highest BCUT2D eigenvalue weighted by Crippen LogP contribution is 2.65. The van der Waals surface area contributed by atoms with E-state index in [2.05, 4.69) is 24.1 Å². The average molecular weight is 510 g/mol. The number of rotatable bonds is 8. The SMILES string of the molecule is COc1cccc2[nH]c(C(=O)N3C[C@H]4[C@@H]([C@H]3C(=O)N[C@@H](C[C@@H]3CCCCC3=O)C(=O)CO)C4(C)C)cc12. The summed E-state index contributed by atoms with van der Waals surface area (Å²) in [6, 6.07) is 5.57. The second-order valence-corrected chi connectivity index (χ2v) is 11.3. The summed E-state index contributed by atoms with van der Waals surface area (Å²) in [5.41, 5.74) is 1.03. The van der Waals surface area contributed by atoms with E-state index in [1.165, 1.54) is 0 Å². The number of benzene rings is 1. The van der Waals surface area contributed by atoms with E-state index in [0.717, 1.165) is 23.7 Å². The van der Waals surface area contributed by atoms with Gasteiger partial charge in [-0.05, 0) is 54.7 Å².